The standard InChI is InChI=1S/C14H10N4O4/c19-13(9-4-2-1-3-5-9)17-18-22-14(20)12-10-8-21-7-6-11(10)15-16-12/h1-8,18H,(H,17,19). The van der Waals surface area contributed by atoms with Crippen LogP contribution < -0.4 is 11.0 Å². The number of carbonyl (C=O) groups excluding carboxylic acids is 2. The van der Waals surface area contributed by atoms with Gasteiger partial charge in [-0.25, -0.2) is 4.79 Å². The molecule has 0 bridgehead atoms. The van der Waals surface area contributed by atoms with Gasteiger partial charge in [0.2, 0.25) is 0 Å². The summed E-state index contributed by atoms with van der Waals surface area (Å²) in [4.78, 5) is 28.3. The molecule has 0 saturated carbocycles. The van der Waals surface area contributed by atoms with Crippen molar-refractivity contribution in [1.82, 2.24) is 21.2 Å². The van der Waals surface area contributed by atoms with E-state index < -0.39 is 11.9 Å². The van der Waals surface area contributed by atoms with Crippen LogP contribution in [0.15, 0.2) is 53.3 Å². The van der Waals surface area contributed by atoms with Gasteiger partial charge in [0.05, 0.1) is 11.8 Å². The van der Waals surface area contributed by atoms with E-state index in [1.54, 1.807) is 36.4 Å². The number of rotatable bonds is 4. The van der Waals surface area contributed by atoms with Crippen molar-refractivity contribution in [2.75, 3.05) is 0 Å². The number of fused-ring (bicyclic) bond motifs is 1. The number of amides is 1. The maximum atomic E-state index is 11.9. The van der Waals surface area contributed by atoms with Gasteiger partial charge >= 0.3 is 5.97 Å². The van der Waals surface area contributed by atoms with Gasteiger partial charge in [-0.1, -0.05) is 23.8 Å². The summed E-state index contributed by atoms with van der Waals surface area (Å²) in [5.74, 6) is -1.24. The molecular weight excluding hydrogens is 288 g/mol. The summed E-state index contributed by atoms with van der Waals surface area (Å²) in [6.45, 7) is 0. The van der Waals surface area contributed by atoms with E-state index in [0.29, 0.717) is 16.8 Å². The van der Waals surface area contributed by atoms with Gasteiger partial charge in [0.1, 0.15) is 12.0 Å². The van der Waals surface area contributed by atoms with Crippen LogP contribution in [-0.2, 0) is 4.84 Å². The maximum absolute atomic E-state index is 11.9. The van der Waals surface area contributed by atoms with Crippen molar-refractivity contribution in [3.05, 3.63) is 60.2 Å². The van der Waals surface area contributed by atoms with Crippen LogP contribution in [0.1, 0.15) is 20.8 Å². The Hall–Kier alpha value is -3.26. The lowest BCUT2D eigenvalue weighted by Crippen LogP contribution is -2.39. The average molecular weight is 298 g/mol. The molecular formula is C14H10N4O4. The minimum atomic E-state index is -0.794. The van der Waals surface area contributed by atoms with Crippen molar-refractivity contribution in [2.45, 2.75) is 0 Å². The number of benzene rings is 1. The highest BCUT2D eigenvalue weighted by Gasteiger charge is 2.21. The second-order valence-corrected chi connectivity index (χ2v) is 4.22. The van der Waals surface area contributed by atoms with Crippen LogP contribution in [-0.4, -0.2) is 22.1 Å². The van der Waals surface area contributed by atoms with E-state index >= 15 is 0 Å². The molecule has 8 nitrogen and oxygen atoms in total. The molecule has 0 radical (unpaired) electrons. The zero-order valence-electron chi connectivity index (χ0n) is 11.1. The first kappa shape index (κ1) is 13.7. The number of nitrogens with one attached hydrogen (secondary N) is 2. The van der Waals surface area contributed by atoms with Crippen LogP contribution in [0.25, 0.3) is 11.3 Å². The summed E-state index contributed by atoms with van der Waals surface area (Å²) in [6.07, 6.45) is 2.76. The van der Waals surface area contributed by atoms with E-state index in [-0.39, 0.29) is 5.69 Å². The molecule has 8 heteroatoms. The Morgan fingerprint density at radius 2 is 1.91 bits per heavy atom. The second-order valence-electron chi connectivity index (χ2n) is 4.22. The lowest BCUT2D eigenvalue weighted by atomic mass is 10.2. The minimum absolute atomic E-state index is 0.0131. The summed E-state index contributed by atoms with van der Waals surface area (Å²) >= 11 is 0. The number of hydrogen-bond donors (Lipinski definition) is 2. The highest BCUT2D eigenvalue weighted by molar-refractivity contribution is 5.95. The Balaban J connectivity index is 1.58. The summed E-state index contributed by atoms with van der Waals surface area (Å²) in [5, 5.41) is 7.52. The Labute approximate surface area is 124 Å². The molecule has 0 saturated heterocycles. The fourth-order valence-corrected chi connectivity index (χ4v) is 1.76. The Bertz CT molecular complexity index is 771. The molecule has 2 aliphatic rings. The molecule has 0 aromatic heterocycles. The SMILES string of the molecule is O=C(NNOC(=O)c1nnc2ccocc1-2)c1ccccc1. The Morgan fingerprint density at radius 3 is 2.73 bits per heavy atom. The van der Waals surface area contributed by atoms with E-state index in [2.05, 4.69) is 21.2 Å². The van der Waals surface area contributed by atoms with Gasteiger partial charge in [-0.2, -0.15) is 0 Å². The predicted octanol–water partition coefficient (Wildman–Crippen LogP) is 1.18. The summed E-state index contributed by atoms with van der Waals surface area (Å²) < 4.78 is 4.96. The van der Waals surface area contributed by atoms with Crippen LogP contribution in [0.4, 0.5) is 0 Å². The summed E-state index contributed by atoms with van der Waals surface area (Å²) in [6, 6.07) is 10.0. The molecule has 1 aromatic carbocycles. The molecule has 0 fully saturated rings. The smallest absolute Gasteiger partial charge is 0.379 e. The maximum Gasteiger partial charge on any atom is 0.379 e. The van der Waals surface area contributed by atoms with Crippen molar-refractivity contribution >= 4 is 11.9 Å². The van der Waals surface area contributed by atoms with Gasteiger partial charge in [0.25, 0.3) is 5.91 Å². The molecule has 0 unspecified atom stereocenters. The highest BCUT2D eigenvalue weighted by atomic mass is 16.7. The summed E-state index contributed by atoms with van der Waals surface area (Å²) in [7, 11) is 0. The van der Waals surface area contributed by atoms with E-state index in [0.717, 1.165) is 0 Å². The first-order valence-electron chi connectivity index (χ1n) is 6.26. The van der Waals surface area contributed by atoms with Gasteiger partial charge < -0.3 is 9.25 Å². The lowest BCUT2D eigenvalue weighted by molar-refractivity contribution is 0.0132. The Morgan fingerprint density at radius 1 is 1.09 bits per heavy atom. The number of aromatic nitrogens is 2. The molecule has 2 aliphatic heterocycles. The van der Waals surface area contributed by atoms with E-state index in [1.807, 2.05) is 0 Å². The van der Waals surface area contributed by atoms with Crippen molar-refractivity contribution < 1.29 is 18.8 Å². The fourth-order valence-electron chi connectivity index (χ4n) is 1.76. The van der Waals surface area contributed by atoms with Crippen molar-refractivity contribution in [1.29, 1.82) is 0 Å². The largest absolute Gasteiger partial charge is 0.472 e. The van der Waals surface area contributed by atoms with Crippen LogP contribution in [0.2, 0.25) is 0 Å². The molecule has 22 heavy (non-hydrogen) atoms. The quantitative estimate of drug-likeness (QED) is 0.696. The van der Waals surface area contributed by atoms with Crippen molar-refractivity contribution in [2.24, 2.45) is 0 Å². The lowest BCUT2D eigenvalue weighted by Gasteiger charge is -2.06. The Kier molecular flexibility index (Phi) is 3.75. The third kappa shape index (κ3) is 2.76. The monoisotopic (exact) mass is 298 g/mol. The van der Waals surface area contributed by atoms with Crippen LogP contribution >= 0.6 is 0 Å². The molecule has 0 spiro atoms. The normalized spacial score (nSPS) is 10.4. The van der Waals surface area contributed by atoms with Gasteiger partial charge in [-0.05, 0) is 12.1 Å². The summed E-state index contributed by atoms with van der Waals surface area (Å²) in [5.41, 5.74) is 5.66. The molecule has 110 valence electrons. The fraction of sp³-hybridized carbons (Fsp3) is 0. The molecule has 1 aromatic rings. The van der Waals surface area contributed by atoms with Gasteiger partial charge in [-0.15, -0.1) is 10.2 Å². The zero-order valence-corrected chi connectivity index (χ0v) is 11.1. The van der Waals surface area contributed by atoms with Gasteiger partial charge in [0, 0.05) is 11.6 Å². The molecule has 2 heterocycles. The predicted molar refractivity (Wildman–Crippen MR) is 73.4 cm³/mol. The van der Waals surface area contributed by atoms with Gasteiger partial charge in [-0.3, -0.25) is 10.2 Å². The second kappa shape index (κ2) is 6.02. The highest BCUT2D eigenvalue weighted by Crippen LogP contribution is 2.22. The minimum Gasteiger partial charge on any atom is -0.472 e. The number of hydrogen-bond acceptors (Lipinski definition) is 7. The molecule has 0 aliphatic carbocycles. The van der Waals surface area contributed by atoms with E-state index in [9.17, 15) is 9.59 Å². The molecule has 0 atom stereocenters. The number of nitrogens with zero attached hydrogens (tertiary/aromatic N) is 2. The third-order valence-electron chi connectivity index (χ3n) is 2.82. The van der Waals surface area contributed by atoms with E-state index in [1.165, 1.54) is 12.5 Å². The van der Waals surface area contributed by atoms with Gasteiger partial charge in [0.15, 0.2) is 5.69 Å². The number of hydrazine groups is 1. The molecule has 3 rings (SSSR count). The molecule has 2 N–H and O–H groups in total. The van der Waals surface area contributed by atoms with Crippen molar-refractivity contribution in [3.8, 4) is 11.3 Å². The topological polar surface area (TPSA) is 106 Å². The average Bonchev–Trinajstić information content (AvgIpc) is 2.99. The van der Waals surface area contributed by atoms with E-state index in [4.69, 9.17) is 9.25 Å². The van der Waals surface area contributed by atoms with Crippen LogP contribution in [0, 0.1) is 0 Å². The molecule has 1 amide bonds. The van der Waals surface area contributed by atoms with Crippen LogP contribution in [0.5, 0.6) is 0 Å². The third-order valence-corrected chi connectivity index (χ3v) is 2.82. The van der Waals surface area contributed by atoms with Crippen LogP contribution in [0.3, 0.4) is 0 Å². The first-order chi connectivity index (χ1) is 10.8. The number of carbonyl (C=O) groups is 2. The first-order valence-corrected chi connectivity index (χ1v) is 6.26. The van der Waals surface area contributed by atoms with Crippen molar-refractivity contribution in [3.63, 3.8) is 0 Å². The zero-order chi connectivity index (χ0) is 15.4.